The van der Waals surface area contributed by atoms with Crippen LogP contribution >= 0.6 is 0 Å². The first-order valence-corrected chi connectivity index (χ1v) is 6.47. The Hall–Kier alpha value is -2.37. The Morgan fingerprint density at radius 2 is 2.20 bits per heavy atom. The summed E-state index contributed by atoms with van der Waals surface area (Å²) in [5, 5.41) is 6.83. The third kappa shape index (κ3) is 3.34. The smallest absolute Gasteiger partial charge is 0.242 e. The van der Waals surface area contributed by atoms with Gasteiger partial charge in [-0.1, -0.05) is 23.8 Å². The van der Waals surface area contributed by atoms with Crippen LogP contribution in [0.3, 0.4) is 0 Å². The number of rotatable bonds is 4. The molecule has 0 aliphatic heterocycles. The van der Waals surface area contributed by atoms with Gasteiger partial charge in [-0.05, 0) is 31.9 Å². The van der Waals surface area contributed by atoms with E-state index in [9.17, 15) is 4.79 Å². The summed E-state index contributed by atoms with van der Waals surface area (Å²) in [5.74, 6) is 0.0441. The van der Waals surface area contributed by atoms with E-state index in [1.54, 1.807) is 0 Å². The lowest BCUT2D eigenvalue weighted by molar-refractivity contribution is -0.122. The van der Waals surface area contributed by atoms with Gasteiger partial charge in [0.05, 0.1) is 6.04 Å². The normalized spacial score (nSPS) is 12.2. The summed E-state index contributed by atoms with van der Waals surface area (Å²) >= 11 is 0. The van der Waals surface area contributed by atoms with Gasteiger partial charge in [0.25, 0.3) is 0 Å². The van der Waals surface area contributed by atoms with Crippen molar-refractivity contribution in [1.29, 1.82) is 0 Å². The van der Waals surface area contributed by atoms with Gasteiger partial charge in [-0.15, -0.1) is 5.10 Å². The average Bonchev–Trinajstić information content (AvgIpc) is 2.74. The number of anilines is 1. The fourth-order valence-electron chi connectivity index (χ4n) is 2.21. The molecule has 1 heterocycles. The first kappa shape index (κ1) is 14.0. The van der Waals surface area contributed by atoms with E-state index in [4.69, 9.17) is 5.73 Å². The summed E-state index contributed by atoms with van der Waals surface area (Å²) < 4.78 is 1.42. The highest BCUT2D eigenvalue weighted by molar-refractivity contribution is 5.76. The maximum absolute atomic E-state index is 11.9. The molecule has 20 heavy (non-hydrogen) atoms. The number of hydrogen-bond donors (Lipinski definition) is 2. The maximum atomic E-state index is 11.9. The molecule has 0 saturated heterocycles. The highest BCUT2D eigenvalue weighted by atomic mass is 16.2. The lowest BCUT2D eigenvalue weighted by Crippen LogP contribution is -2.30. The molecule has 6 nitrogen and oxygen atoms in total. The Morgan fingerprint density at radius 1 is 1.45 bits per heavy atom. The zero-order valence-corrected chi connectivity index (χ0v) is 11.9. The molecule has 0 bridgehead atoms. The minimum absolute atomic E-state index is 0.0519. The molecular formula is C14H19N5O. The molecule has 0 radical (unpaired) electrons. The summed E-state index contributed by atoms with van der Waals surface area (Å²) in [6, 6.07) is 6.14. The lowest BCUT2D eigenvalue weighted by atomic mass is 10.0. The molecule has 3 N–H and O–H groups in total. The van der Waals surface area contributed by atoms with Gasteiger partial charge in [0.1, 0.15) is 12.9 Å². The Labute approximate surface area is 118 Å². The van der Waals surface area contributed by atoms with E-state index in [2.05, 4.69) is 28.4 Å². The number of aryl methyl sites for hydroxylation is 2. The number of carbonyl (C=O) groups excluding carboxylic acids is 1. The minimum Gasteiger partial charge on any atom is -0.367 e. The van der Waals surface area contributed by atoms with Crippen molar-refractivity contribution < 1.29 is 4.79 Å². The molecule has 0 aliphatic rings. The van der Waals surface area contributed by atoms with E-state index < -0.39 is 0 Å². The molecule has 2 rings (SSSR count). The van der Waals surface area contributed by atoms with E-state index in [1.807, 2.05) is 26.0 Å². The van der Waals surface area contributed by atoms with E-state index in [-0.39, 0.29) is 24.4 Å². The molecule has 1 unspecified atom stereocenters. The molecule has 1 amide bonds. The molecule has 0 saturated carbocycles. The molecule has 1 atom stereocenters. The van der Waals surface area contributed by atoms with Crippen LogP contribution in [0, 0.1) is 13.8 Å². The Kier molecular flexibility index (Phi) is 4.02. The molecule has 1 aromatic carbocycles. The maximum Gasteiger partial charge on any atom is 0.242 e. The molecule has 2 aromatic rings. The van der Waals surface area contributed by atoms with Crippen LogP contribution in [0.1, 0.15) is 29.7 Å². The predicted octanol–water partition coefficient (Wildman–Crippen LogP) is 1.35. The van der Waals surface area contributed by atoms with Gasteiger partial charge >= 0.3 is 0 Å². The third-order valence-electron chi connectivity index (χ3n) is 3.13. The van der Waals surface area contributed by atoms with Crippen LogP contribution in [-0.2, 0) is 11.3 Å². The van der Waals surface area contributed by atoms with Crippen molar-refractivity contribution in [3.05, 3.63) is 41.2 Å². The van der Waals surface area contributed by atoms with E-state index in [0.717, 1.165) is 5.56 Å². The van der Waals surface area contributed by atoms with Crippen LogP contribution in [0.4, 0.5) is 5.95 Å². The lowest BCUT2D eigenvalue weighted by Gasteiger charge is -2.17. The van der Waals surface area contributed by atoms with Gasteiger partial charge in [0, 0.05) is 0 Å². The van der Waals surface area contributed by atoms with Crippen molar-refractivity contribution in [2.45, 2.75) is 33.4 Å². The standard InChI is InChI=1S/C14H19N5O/c1-9-4-5-12(10(2)6-9)11(3)17-13(20)7-19-8-16-14(15)18-19/h4-6,8,11H,7H2,1-3H3,(H2,15,18)(H,17,20). The number of nitrogens with zero attached hydrogens (tertiary/aromatic N) is 3. The van der Waals surface area contributed by atoms with E-state index in [0.29, 0.717) is 0 Å². The Bertz CT molecular complexity index is 620. The Balaban J connectivity index is 2.00. The second kappa shape index (κ2) is 5.73. The summed E-state index contributed by atoms with van der Waals surface area (Å²) in [6.07, 6.45) is 1.44. The number of aromatic nitrogens is 3. The second-order valence-electron chi connectivity index (χ2n) is 4.95. The highest BCUT2D eigenvalue weighted by Crippen LogP contribution is 2.18. The predicted molar refractivity (Wildman–Crippen MR) is 76.9 cm³/mol. The summed E-state index contributed by atoms with van der Waals surface area (Å²) in [7, 11) is 0. The number of benzene rings is 1. The number of nitrogens with one attached hydrogen (secondary N) is 1. The minimum atomic E-state index is -0.123. The average molecular weight is 273 g/mol. The van der Waals surface area contributed by atoms with Crippen molar-refractivity contribution in [3.63, 3.8) is 0 Å². The first-order chi connectivity index (χ1) is 9.45. The van der Waals surface area contributed by atoms with Gasteiger partial charge in [-0.2, -0.15) is 0 Å². The molecular weight excluding hydrogens is 254 g/mol. The van der Waals surface area contributed by atoms with Crippen LogP contribution in [-0.4, -0.2) is 20.7 Å². The van der Waals surface area contributed by atoms with Gasteiger partial charge in [-0.3, -0.25) is 4.79 Å². The largest absolute Gasteiger partial charge is 0.367 e. The summed E-state index contributed by atoms with van der Waals surface area (Å²) in [6.45, 7) is 6.17. The fourth-order valence-corrected chi connectivity index (χ4v) is 2.21. The monoisotopic (exact) mass is 273 g/mol. The van der Waals surface area contributed by atoms with Crippen molar-refractivity contribution >= 4 is 11.9 Å². The van der Waals surface area contributed by atoms with Crippen LogP contribution < -0.4 is 11.1 Å². The van der Waals surface area contributed by atoms with Crippen LogP contribution in [0.25, 0.3) is 0 Å². The Morgan fingerprint density at radius 3 is 2.80 bits per heavy atom. The van der Waals surface area contributed by atoms with Crippen molar-refractivity contribution in [1.82, 2.24) is 20.1 Å². The zero-order chi connectivity index (χ0) is 14.7. The van der Waals surface area contributed by atoms with Gasteiger partial charge in [0.15, 0.2) is 0 Å². The van der Waals surface area contributed by atoms with Gasteiger partial charge in [0.2, 0.25) is 11.9 Å². The molecule has 0 aliphatic carbocycles. The zero-order valence-electron chi connectivity index (χ0n) is 11.9. The number of carbonyl (C=O) groups is 1. The van der Waals surface area contributed by atoms with Crippen molar-refractivity contribution in [2.24, 2.45) is 0 Å². The van der Waals surface area contributed by atoms with Crippen molar-refractivity contribution in [3.8, 4) is 0 Å². The SMILES string of the molecule is Cc1ccc(C(C)NC(=O)Cn2cnc(N)n2)c(C)c1. The molecule has 106 valence electrons. The highest BCUT2D eigenvalue weighted by Gasteiger charge is 2.12. The van der Waals surface area contributed by atoms with Gasteiger partial charge < -0.3 is 11.1 Å². The summed E-state index contributed by atoms with van der Waals surface area (Å²) in [5.41, 5.74) is 8.90. The number of hydrogen-bond acceptors (Lipinski definition) is 4. The topological polar surface area (TPSA) is 85.8 Å². The van der Waals surface area contributed by atoms with Gasteiger partial charge in [-0.25, -0.2) is 9.67 Å². The van der Waals surface area contributed by atoms with Crippen LogP contribution in [0.2, 0.25) is 0 Å². The van der Waals surface area contributed by atoms with Crippen LogP contribution in [0.15, 0.2) is 24.5 Å². The van der Waals surface area contributed by atoms with Crippen molar-refractivity contribution in [2.75, 3.05) is 5.73 Å². The first-order valence-electron chi connectivity index (χ1n) is 6.47. The quantitative estimate of drug-likeness (QED) is 0.880. The second-order valence-corrected chi connectivity index (χ2v) is 4.95. The number of amides is 1. The summed E-state index contributed by atoms with van der Waals surface area (Å²) in [4.78, 5) is 15.7. The van der Waals surface area contributed by atoms with E-state index >= 15 is 0 Å². The molecule has 0 spiro atoms. The number of nitrogens with two attached hydrogens (primary N) is 1. The fraction of sp³-hybridized carbons (Fsp3) is 0.357. The molecule has 6 heteroatoms. The van der Waals surface area contributed by atoms with Crippen LogP contribution in [0.5, 0.6) is 0 Å². The number of nitrogen functional groups attached to an aromatic ring is 1. The molecule has 1 aromatic heterocycles. The molecule has 0 fully saturated rings. The third-order valence-corrected chi connectivity index (χ3v) is 3.13. The van der Waals surface area contributed by atoms with E-state index in [1.165, 1.54) is 22.1 Å².